The van der Waals surface area contributed by atoms with Crippen molar-refractivity contribution in [3.8, 4) is 11.8 Å². The summed E-state index contributed by atoms with van der Waals surface area (Å²) in [7, 11) is 0. The summed E-state index contributed by atoms with van der Waals surface area (Å²) in [6, 6.07) is 12.8. The Hall–Kier alpha value is -2.95. The van der Waals surface area contributed by atoms with Gasteiger partial charge in [0.25, 0.3) is 0 Å². The van der Waals surface area contributed by atoms with Crippen LogP contribution in [0.15, 0.2) is 36.4 Å². The minimum Gasteiger partial charge on any atom is -0.489 e. The van der Waals surface area contributed by atoms with Crippen molar-refractivity contribution >= 4 is 5.97 Å². The van der Waals surface area contributed by atoms with Crippen LogP contribution >= 0.6 is 0 Å². The highest BCUT2D eigenvalue weighted by Crippen LogP contribution is 2.32. The van der Waals surface area contributed by atoms with Gasteiger partial charge < -0.3 is 20.3 Å². The van der Waals surface area contributed by atoms with E-state index in [1.165, 1.54) is 17.2 Å². The summed E-state index contributed by atoms with van der Waals surface area (Å²) in [5.74, 6) is -0.980. The van der Waals surface area contributed by atoms with Gasteiger partial charge in [-0.05, 0) is 74.3 Å². The van der Waals surface area contributed by atoms with E-state index in [4.69, 9.17) is 9.84 Å². The summed E-state index contributed by atoms with van der Waals surface area (Å²) in [5.41, 5.74) is 2.83. The molecule has 0 heterocycles. The van der Waals surface area contributed by atoms with Crippen LogP contribution in [0.1, 0.15) is 48.9 Å². The smallest absolute Gasteiger partial charge is 0.303 e. The minimum absolute atomic E-state index is 0.00728. The zero-order valence-corrected chi connectivity index (χ0v) is 19.1. The lowest BCUT2D eigenvalue weighted by Crippen LogP contribution is -2.46. The highest BCUT2D eigenvalue weighted by Gasteiger charge is 2.28. The number of nitrogens with one attached hydrogen (secondary N) is 1. The number of rotatable bonds is 11. The first-order valence-corrected chi connectivity index (χ1v) is 11.2. The number of hydrogen-bond acceptors (Lipinski definition) is 5. The monoisotopic (exact) mass is 454 g/mol. The molecule has 1 aliphatic carbocycles. The van der Waals surface area contributed by atoms with Gasteiger partial charge in [0.05, 0.1) is 5.56 Å². The molecule has 3 rings (SSSR count). The number of carboxylic acids is 1. The van der Waals surface area contributed by atoms with Crippen molar-refractivity contribution in [1.82, 2.24) is 5.32 Å². The highest BCUT2D eigenvalue weighted by atomic mass is 19.1. The number of β-amino-alcohol motifs (C(OH)–C–C–N with tert-alkyl or cyclic N) is 1. The second-order valence-electron chi connectivity index (χ2n) is 9.42. The third kappa shape index (κ3) is 7.01. The van der Waals surface area contributed by atoms with Gasteiger partial charge in [-0.25, -0.2) is 4.39 Å². The number of aliphatic hydroxyl groups is 1. The van der Waals surface area contributed by atoms with Crippen LogP contribution in [0, 0.1) is 23.1 Å². The molecule has 2 aromatic carbocycles. The third-order valence-corrected chi connectivity index (χ3v) is 6.06. The number of halogens is 1. The average Bonchev–Trinajstić information content (AvgIpc) is 3.17. The van der Waals surface area contributed by atoms with Gasteiger partial charge in [0.2, 0.25) is 0 Å². The molecule has 1 aliphatic rings. The van der Waals surface area contributed by atoms with Gasteiger partial charge in [0.15, 0.2) is 0 Å². The van der Waals surface area contributed by atoms with Gasteiger partial charge in [-0.15, -0.1) is 0 Å². The van der Waals surface area contributed by atoms with Crippen LogP contribution in [0.25, 0.3) is 0 Å². The second kappa shape index (κ2) is 10.8. The summed E-state index contributed by atoms with van der Waals surface area (Å²) < 4.78 is 19.7. The maximum atomic E-state index is 14.1. The van der Waals surface area contributed by atoms with Crippen molar-refractivity contribution < 1.29 is 24.1 Å². The van der Waals surface area contributed by atoms with E-state index in [0.717, 1.165) is 25.3 Å². The number of carboxylic acid groups (broad SMARTS) is 1. The largest absolute Gasteiger partial charge is 0.489 e. The van der Waals surface area contributed by atoms with Gasteiger partial charge in [-0.1, -0.05) is 24.3 Å². The Morgan fingerprint density at radius 1 is 1.30 bits per heavy atom. The molecule has 1 unspecified atom stereocenters. The number of benzene rings is 2. The zero-order chi connectivity index (χ0) is 24.0. The Morgan fingerprint density at radius 3 is 2.58 bits per heavy atom. The van der Waals surface area contributed by atoms with E-state index < -0.39 is 17.9 Å². The van der Waals surface area contributed by atoms with Crippen LogP contribution in [-0.4, -0.2) is 41.0 Å². The molecule has 7 heteroatoms. The molecule has 33 heavy (non-hydrogen) atoms. The number of aliphatic hydroxyl groups excluding tert-OH is 1. The Labute approximate surface area is 194 Å². The van der Waals surface area contributed by atoms with Gasteiger partial charge in [0.1, 0.15) is 30.3 Å². The fourth-order valence-electron chi connectivity index (χ4n) is 4.46. The number of ether oxygens (including phenoxy) is 1. The van der Waals surface area contributed by atoms with Crippen molar-refractivity contribution in [1.29, 1.82) is 5.26 Å². The van der Waals surface area contributed by atoms with Gasteiger partial charge >= 0.3 is 5.97 Å². The fraction of sp³-hybridized carbons (Fsp3) is 0.462. The van der Waals surface area contributed by atoms with Crippen LogP contribution in [-0.2, 0) is 24.1 Å². The predicted molar refractivity (Wildman–Crippen MR) is 123 cm³/mol. The Balaban J connectivity index is 1.50. The number of nitriles is 1. The quantitative estimate of drug-likeness (QED) is 0.479. The standard InChI is InChI=1S/C26H31FN2O4/c1-26(2,13-17-9-18-5-3-4-6-19(18)10-17)29-15-22(30)16-33-24-12-20(7-8-25(31)32)23(27)11-21(24)14-28/h3-6,11-12,17,22,29-30H,7-10,13,15-16H2,1-2H3,(H,31,32). The Kier molecular flexibility index (Phi) is 8.06. The van der Waals surface area contributed by atoms with E-state index in [1.54, 1.807) is 0 Å². The molecule has 6 nitrogen and oxygen atoms in total. The first kappa shape index (κ1) is 24.7. The van der Waals surface area contributed by atoms with Crippen LogP contribution in [0.5, 0.6) is 5.75 Å². The van der Waals surface area contributed by atoms with Gasteiger partial charge in [-0.3, -0.25) is 4.79 Å². The number of carbonyl (C=O) groups is 1. The molecule has 1 atom stereocenters. The number of fused-ring (bicyclic) bond motifs is 1. The summed E-state index contributed by atoms with van der Waals surface area (Å²) in [4.78, 5) is 10.8. The van der Waals surface area contributed by atoms with E-state index in [0.29, 0.717) is 12.5 Å². The molecule has 3 N–H and O–H groups in total. The number of aryl methyl sites for hydroxylation is 1. The van der Waals surface area contributed by atoms with Crippen molar-refractivity contribution in [2.45, 2.75) is 57.6 Å². The van der Waals surface area contributed by atoms with E-state index in [9.17, 15) is 19.6 Å². The summed E-state index contributed by atoms with van der Waals surface area (Å²) >= 11 is 0. The Bertz CT molecular complexity index is 1010. The van der Waals surface area contributed by atoms with Gasteiger partial charge in [-0.2, -0.15) is 5.26 Å². The topological polar surface area (TPSA) is 103 Å². The van der Waals surface area contributed by atoms with E-state index in [1.807, 2.05) is 6.07 Å². The SMILES string of the molecule is CC(C)(CC1Cc2ccccc2C1)NCC(O)COc1cc(CCC(=O)O)c(F)cc1C#N. The minimum atomic E-state index is -1.04. The van der Waals surface area contributed by atoms with Crippen LogP contribution in [0.4, 0.5) is 4.39 Å². The fourth-order valence-corrected chi connectivity index (χ4v) is 4.46. The summed E-state index contributed by atoms with van der Waals surface area (Å²) in [5, 5.41) is 31.9. The maximum absolute atomic E-state index is 14.1. The van der Waals surface area contributed by atoms with Crippen LogP contribution in [0.3, 0.4) is 0 Å². The van der Waals surface area contributed by atoms with E-state index >= 15 is 0 Å². The predicted octanol–water partition coefficient (Wildman–Crippen LogP) is 3.63. The molecular weight excluding hydrogens is 423 g/mol. The van der Waals surface area contributed by atoms with E-state index in [-0.39, 0.29) is 41.9 Å². The molecule has 0 amide bonds. The first-order chi connectivity index (χ1) is 15.7. The lowest BCUT2D eigenvalue weighted by atomic mass is 9.88. The zero-order valence-electron chi connectivity index (χ0n) is 19.1. The van der Waals surface area contributed by atoms with Crippen molar-refractivity contribution in [3.05, 3.63) is 64.5 Å². The summed E-state index contributed by atoms with van der Waals surface area (Å²) in [6.45, 7) is 4.47. The molecule has 0 bridgehead atoms. The van der Waals surface area contributed by atoms with E-state index in [2.05, 4.69) is 43.4 Å². The first-order valence-electron chi connectivity index (χ1n) is 11.2. The lowest BCUT2D eigenvalue weighted by Gasteiger charge is -2.30. The maximum Gasteiger partial charge on any atom is 0.303 e. The molecule has 0 aromatic heterocycles. The van der Waals surface area contributed by atoms with Crippen LogP contribution in [0.2, 0.25) is 0 Å². The van der Waals surface area contributed by atoms with Crippen molar-refractivity contribution in [2.24, 2.45) is 5.92 Å². The van der Waals surface area contributed by atoms with Crippen molar-refractivity contribution in [3.63, 3.8) is 0 Å². The van der Waals surface area contributed by atoms with Crippen molar-refractivity contribution in [2.75, 3.05) is 13.2 Å². The lowest BCUT2D eigenvalue weighted by molar-refractivity contribution is -0.136. The number of hydrogen-bond donors (Lipinski definition) is 3. The number of aliphatic carboxylic acids is 1. The molecule has 2 aromatic rings. The summed E-state index contributed by atoms with van der Waals surface area (Å²) in [6.07, 6.45) is 2.04. The average molecular weight is 455 g/mol. The third-order valence-electron chi connectivity index (χ3n) is 6.06. The molecule has 176 valence electrons. The molecular formula is C26H31FN2O4. The molecule has 0 aliphatic heterocycles. The molecule has 0 radical (unpaired) electrons. The Morgan fingerprint density at radius 2 is 1.97 bits per heavy atom. The molecule has 0 saturated heterocycles. The number of nitrogens with zero attached hydrogens (tertiary/aromatic N) is 1. The molecule has 0 spiro atoms. The van der Waals surface area contributed by atoms with Crippen LogP contribution < -0.4 is 10.1 Å². The molecule has 0 saturated carbocycles. The highest BCUT2D eigenvalue weighted by molar-refractivity contribution is 5.67. The molecule has 0 fully saturated rings. The second-order valence-corrected chi connectivity index (χ2v) is 9.42. The van der Waals surface area contributed by atoms with Gasteiger partial charge in [0, 0.05) is 18.5 Å². The normalized spacial score (nSPS) is 14.5.